The molecule has 36 heavy (non-hydrogen) atoms. The Labute approximate surface area is 211 Å². The number of fused-ring (bicyclic) bond motifs is 2. The van der Waals surface area contributed by atoms with Crippen LogP contribution in [0.15, 0.2) is 53.3 Å². The summed E-state index contributed by atoms with van der Waals surface area (Å²) >= 11 is 1.15. The lowest BCUT2D eigenvalue weighted by Gasteiger charge is -2.16. The minimum Gasteiger partial charge on any atom is -0.426 e. The van der Waals surface area contributed by atoms with Gasteiger partial charge in [0, 0.05) is 19.0 Å². The van der Waals surface area contributed by atoms with E-state index in [1.807, 2.05) is 24.3 Å². The van der Waals surface area contributed by atoms with Gasteiger partial charge in [-0.3, -0.25) is 14.4 Å². The smallest absolute Gasteiger partial charge is 0.308 e. The van der Waals surface area contributed by atoms with Crippen molar-refractivity contribution >= 4 is 39.4 Å². The van der Waals surface area contributed by atoms with E-state index in [9.17, 15) is 14.4 Å². The molecular formula is C27H26N4O4S. The number of carbonyl (C=O) groups is 2. The maximum atomic E-state index is 13.5. The minimum absolute atomic E-state index is 0.159. The molecule has 184 valence electrons. The fraction of sp³-hybridized carbons (Fsp3) is 0.296. The van der Waals surface area contributed by atoms with E-state index in [4.69, 9.17) is 4.74 Å². The molecule has 0 fully saturated rings. The second kappa shape index (κ2) is 10.0. The minimum atomic E-state index is -0.458. The number of unbranched alkanes of at least 4 members (excludes halogenated alkanes) is 4. The molecule has 0 atom stereocenters. The molecule has 0 unspecified atom stereocenters. The summed E-state index contributed by atoms with van der Waals surface area (Å²) in [5.74, 6) is -0.0212. The number of rotatable bonds is 8. The molecule has 0 saturated heterocycles. The van der Waals surface area contributed by atoms with Gasteiger partial charge in [0.2, 0.25) is 4.96 Å². The van der Waals surface area contributed by atoms with Crippen molar-refractivity contribution in [3.63, 3.8) is 0 Å². The van der Waals surface area contributed by atoms with Gasteiger partial charge >= 0.3 is 5.97 Å². The van der Waals surface area contributed by atoms with Crippen LogP contribution >= 0.6 is 11.3 Å². The van der Waals surface area contributed by atoms with Gasteiger partial charge in [-0.15, -0.1) is 5.10 Å². The van der Waals surface area contributed by atoms with Gasteiger partial charge in [0.1, 0.15) is 10.3 Å². The predicted octanol–water partition coefficient (Wildman–Crippen LogP) is 3.98. The summed E-state index contributed by atoms with van der Waals surface area (Å²) in [4.78, 5) is 45.1. The molecule has 0 bridgehead atoms. The molecule has 3 heterocycles. The van der Waals surface area contributed by atoms with Gasteiger partial charge in [0.05, 0.1) is 16.8 Å². The number of benzene rings is 2. The maximum Gasteiger partial charge on any atom is 0.308 e. The van der Waals surface area contributed by atoms with E-state index >= 15 is 0 Å². The van der Waals surface area contributed by atoms with Gasteiger partial charge in [0.15, 0.2) is 5.82 Å². The van der Waals surface area contributed by atoms with E-state index in [0.717, 1.165) is 41.9 Å². The van der Waals surface area contributed by atoms with Crippen LogP contribution in [0.4, 0.5) is 5.69 Å². The summed E-state index contributed by atoms with van der Waals surface area (Å²) in [6.07, 6.45) is 5.49. The predicted molar refractivity (Wildman–Crippen MR) is 139 cm³/mol. The Morgan fingerprint density at radius 3 is 2.44 bits per heavy atom. The fourth-order valence-electron chi connectivity index (χ4n) is 4.49. The van der Waals surface area contributed by atoms with Gasteiger partial charge < -0.3 is 9.64 Å². The summed E-state index contributed by atoms with van der Waals surface area (Å²) in [6, 6.07) is 14.5. The standard InChI is InChI=1S/C27H26N4O4S/c1-3-4-5-6-11-16-30-20-14-9-7-12-18(20)22(25(30)33)23-26(34)31-27(36-23)28-24(29-31)19-13-8-10-15-21(19)35-17(2)32/h7-10,12-15H,3-6,11,16H2,1-2H3/b23-22-. The lowest BCUT2D eigenvalue weighted by Crippen LogP contribution is -2.33. The van der Waals surface area contributed by atoms with E-state index < -0.39 is 5.97 Å². The van der Waals surface area contributed by atoms with Crippen LogP contribution in [0, 0.1) is 0 Å². The van der Waals surface area contributed by atoms with E-state index in [2.05, 4.69) is 17.0 Å². The largest absolute Gasteiger partial charge is 0.426 e. The molecule has 0 N–H and O–H groups in total. The number of amides is 1. The Kier molecular flexibility index (Phi) is 6.65. The highest BCUT2D eigenvalue weighted by Crippen LogP contribution is 2.35. The van der Waals surface area contributed by atoms with Gasteiger partial charge in [-0.2, -0.15) is 9.50 Å². The van der Waals surface area contributed by atoms with Crippen molar-refractivity contribution in [3.8, 4) is 17.1 Å². The molecule has 1 aliphatic heterocycles. The number of carbonyl (C=O) groups excluding carboxylic acids is 2. The number of ether oxygens (including phenoxy) is 1. The first kappa shape index (κ1) is 23.9. The van der Waals surface area contributed by atoms with Crippen molar-refractivity contribution in [2.24, 2.45) is 0 Å². The van der Waals surface area contributed by atoms with Gasteiger partial charge in [-0.25, -0.2) is 0 Å². The molecule has 0 saturated carbocycles. The van der Waals surface area contributed by atoms with E-state index in [-0.39, 0.29) is 17.3 Å². The normalized spacial score (nSPS) is 14.5. The third-order valence-corrected chi connectivity index (χ3v) is 7.20. The van der Waals surface area contributed by atoms with Crippen molar-refractivity contribution in [2.45, 2.75) is 46.0 Å². The first-order valence-corrected chi connectivity index (χ1v) is 12.9. The van der Waals surface area contributed by atoms with Crippen LogP contribution in [0.3, 0.4) is 0 Å². The van der Waals surface area contributed by atoms with Crippen molar-refractivity contribution in [1.29, 1.82) is 0 Å². The van der Waals surface area contributed by atoms with Crippen molar-refractivity contribution in [1.82, 2.24) is 14.6 Å². The highest BCUT2D eigenvalue weighted by molar-refractivity contribution is 7.15. The van der Waals surface area contributed by atoms with Gasteiger partial charge in [-0.05, 0) is 24.6 Å². The first-order valence-electron chi connectivity index (χ1n) is 12.1. The fourth-order valence-corrected chi connectivity index (χ4v) is 5.49. The molecule has 5 rings (SSSR count). The highest BCUT2D eigenvalue weighted by Gasteiger charge is 2.34. The Hall–Kier alpha value is -3.85. The average Bonchev–Trinajstić information content (AvgIpc) is 3.49. The molecular weight excluding hydrogens is 476 g/mol. The van der Waals surface area contributed by atoms with Crippen LogP contribution < -0.4 is 19.7 Å². The SMILES string of the molecule is CCCCCCCN1C(=O)/C(=c2\sc3nc(-c4ccccc4OC(C)=O)nn3c2=O)c2ccccc21. The van der Waals surface area contributed by atoms with Gasteiger partial charge in [-0.1, -0.05) is 74.3 Å². The zero-order valence-electron chi connectivity index (χ0n) is 20.2. The van der Waals surface area contributed by atoms with Crippen LogP contribution in [0.1, 0.15) is 51.5 Å². The lowest BCUT2D eigenvalue weighted by atomic mass is 10.1. The third-order valence-electron chi connectivity index (χ3n) is 6.17. The van der Waals surface area contributed by atoms with Crippen LogP contribution in [-0.2, 0) is 9.59 Å². The molecule has 0 spiro atoms. The Bertz CT molecular complexity index is 1570. The summed E-state index contributed by atoms with van der Waals surface area (Å²) in [5.41, 5.74) is 2.12. The molecule has 0 aliphatic carbocycles. The second-order valence-corrected chi connectivity index (χ2v) is 9.70. The van der Waals surface area contributed by atoms with Crippen molar-refractivity contribution in [3.05, 3.63) is 69.0 Å². The Morgan fingerprint density at radius 2 is 1.69 bits per heavy atom. The van der Waals surface area contributed by atoms with Crippen LogP contribution in [0.5, 0.6) is 5.75 Å². The number of esters is 1. The number of hydrogen-bond acceptors (Lipinski definition) is 7. The number of anilines is 1. The zero-order chi connectivity index (χ0) is 25.2. The monoisotopic (exact) mass is 502 g/mol. The second-order valence-electron chi connectivity index (χ2n) is 8.72. The summed E-state index contributed by atoms with van der Waals surface area (Å²) in [5, 5.41) is 4.39. The number of nitrogens with zero attached hydrogens (tertiary/aromatic N) is 4. The van der Waals surface area contributed by atoms with E-state index in [1.165, 1.54) is 24.3 Å². The zero-order valence-corrected chi connectivity index (χ0v) is 21.0. The molecule has 0 radical (unpaired) electrons. The number of thiazole rings is 1. The van der Waals surface area contributed by atoms with E-state index in [0.29, 0.717) is 32.9 Å². The first-order chi connectivity index (χ1) is 17.5. The summed E-state index contributed by atoms with van der Waals surface area (Å²) in [7, 11) is 0. The Balaban J connectivity index is 1.55. The van der Waals surface area contributed by atoms with Crippen molar-refractivity contribution in [2.75, 3.05) is 11.4 Å². The van der Waals surface area contributed by atoms with Crippen LogP contribution in [0.25, 0.3) is 21.9 Å². The third kappa shape index (κ3) is 4.30. The molecule has 1 aliphatic rings. The summed E-state index contributed by atoms with van der Waals surface area (Å²) in [6.45, 7) is 4.12. The average molecular weight is 503 g/mol. The number of aromatic nitrogens is 3. The molecule has 8 nitrogen and oxygen atoms in total. The van der Waals surface area contributed by atoms with E-state index in [1.54, 1.807) is 29.2 Å². The molecule has 9 heteroatoms. The topological polar surface area (TPSA) is 93.9 Å². The van der Waals surface area contributed by atoms with Crippen LogP contribution in [0.2, 0.25) is 0 Å². The summed E-state index contributed by atoms with van der Waals surface area (Å²) < 4.78 is 6.82. The quantitative estimate of drug-likeness (QED) is 0.206. The molecule has 2 aromatic heterocycles. The lowest BCUT2D eigenvalue weighted by molar-refractivity contribution is -0.131. The van der Waals surface area contributed by atoms with Gasteiger partial charge in [0.25, 0.3) is 11.5 Å². The molecule has 2 aromatic carbocycles. The number of para-hydroxylation sites is 2. The molecule has 1 amide bonds. The van der Waals surface area contributed by atoms with Crippen LogP contribution in [-0.4, -0.2) is 33.0 Å². The molecule has 4 aromatic rings. The highest BCUT2D eigenvalue weighted by atomic mass is 32.1. The maximum absolute atomic E-state index is 13.5. The number of hydrogen-bond donors (Lipinski definition) is 0. The Morgan fingerprint density at radius 1 is 0.972 bits per heavy atom. The van der Waals surface area contributed by atoms with Crippen molar-refractivity contribution < 1.29 is 14.3 Å².